The number of carbonyl (C=O) groups is 1. The minimum absolute atomic E-state index is 0.432. The van der Waals surface area contributed by atoms with Gasteiger partial charge in [0.2, 0.25) is 5.13 Å². The first-order valence-corrected chi connectivity index (χ1v) is 7.88. The zero-order valence-electron chi connectivity index (χ0n) is 12.0. The van der Waals surface area contributed by atoms with Crippen LogP contribution in [0.2, 0.25) is 0 Å². The Morgan fingerprint density at radius 1 is 1.29 bits per heavy atom. The lowest BCUT2D eigenvalue weighted by atomic mass is 10.1. The Labute approximate surface area is 128 Å². The lowest BCUT2D eigenvalue weighted by Crippen LogP contribution is -2.20. The first-order valence-electron chi connectivity index (χ1n) is 7.07. The first kappa shape index (κ1) is 15.6. The molecule has 0 radical (unpaired) electrons. The molecule has 0 fully saturated rings. The molecule has 0 bridgehead atoms. The maximum absolute atomic E-state index is 12.0. The van der Waals surface area contributed by atoms with Crippen LogP contribution in [0.25, 0.3) is 0 Å². The third-order valence-electron chi connectivity index (χ3n) is 3.05. The molecular formula is C15H19N3O2S. The highest BCUT2D eigenvalue weighted by Gasteiger charge is 2.18. The second-order valence-electron chi connectivity index (χ2n) is 4.76. The van der Waals surface area contributed by atoms with Gasteiger partial charge in [-0.15, -0.1) is 10.2 Å². The number of aryl methyl sites for hydroxylation is 1. The van der Waals surface area contributed by atoms with Gasteiger partial charge in [0.05, 0.1) is 0 Å². The van der Waals surface area contributed by atoms with Crippen LogP contribution in [0.15, 0.2) is 30.3 Å². The van der Waals surface area contributed by atoms with Crippen molar-refractivity contribution in [3.63, 3.8) is 0 Å². The number of unbranched alkanes of at least 4 members (excludes halogenated alkanes) is 2. The van der Waals surface area contributed by atoms with Crippen molar-refractivity contribution in [1.29, 1.82) is 0 Å². The zero-order valence-corrected chi connectivity index (χ0v) is 12.8. The van der Waals surface area contributed by atoms with Gasteiger partial charge in [-0.1, -0.05) is 61.4 Å². The first-order chi connectivity index (χ1) is 10.2. The van der Waals surface area contributed by atoms with Gasteiger partial charge >= 0.3 is 0 Å². The number of amides is 1. The van der Waals surface area contributed by atoms with Gasteiger partial charge in [0.15, 0.2) is 6.10 Å². The van der Waals surface area contributed by atoms with Gasteiger partial charge in [0.1, 0.15) is 5.01 Å². The number of aliphatic hydroxyl groups excluding tert-OH is 1. The number of carbonyl (C=O) groups excluding carboxylic acids is 1. The summed E-state index contributed by atoms with van der Waals surface area (Å²) in [5, 5.41) is 21.9. The number of nitrogens with one attached hydrogen (secondary N) is 1. The molecule has 0 spiro atoms. The molecular weight excluding hydrogens is 286 g/mol. The Balaban J connectivity index is 1.90. The third kappa shape index (κ3) is 4.61. The van der Waals surface area contributed by atoms with Crippen molar-refractivity contribution in [1.82, 2.24) is 10.2 Å². The maximum Gasteiger partial charge on any atom is 0.259 e. The monoisotopic (exact) mass is 305 g/mol. The van der Waals surface area contributed by atoms with E-state index in [0.717, 1.165) is 30.7 Å². The Morgan fingerprint density at radius 2 is 2.05 bits per heavy atom. The Kier molecular flexibility index (Phi) is 5.83. The van der Waals surface area contributed by atoms with E-state index in [2.05, 4.69) is 22.4 Å². The second-order valence-corrected chi connectivity index (χ2v) is 5.82. The van der Waals surface area contributed by atoms with Crippen LogP contribution in [-0.2, 0) is 11.2 Å². The number of aromatic nitrogens is 2. The predicted octanol–water partition coefficient (Wildman–Crippen LogP) is 2.94. The average molecular weight is 305 g/mol. The molecule has 112 valence electrons. The van der Waals surface area contributed by atoms with Gasteiger partial charge in [-0.05, 0) is 12.0 Å². The van der Waals surface area contributed by atoms with E-state index in [-0.39, 0.29) is 0 Å². The predicted molar refractivity (Wildman–Crippen MR) is 83.2 cm³/mol. The van der Waals surface area contributed by atoms with Crippen LogP contribution in [-0.4, -0.2) is 21.2 Å². The minimum Gasteiger partial charge on any atom is -0.378 e. The molecule has 5 nitrogen and oxygen atoms in total. The third-order valence-corrected chi connectivity index (χ3v) is 3.95. The van der Waals surface area contributed by atoms with E-state index in [1.54, 1.807) is 24.3 Å². The van der Waals surface area contributed by atoms with Crippen molar-refractivity contribution in [2.75, 3.05) is 5.32 Å². The van der Waals surface area contributed by atoms with E-state index >= 15 is 0 Å². The number of nitrogens with zero attached hydrogens (tertiary/aromatic N) is 2. The Bertz CT molecular complexity index is 571. The summed E-state index contributed by atoms with van der Waals surface area (Å²) in [6, 6.07) is 8.81. The summed E-state index contributed by atoms with van der Waals surface area (Å²) in [4.78, 5) is 12.0. The summed E-state index contributed by atoms with van der Waals surface area (Å²) in [5.41, 5.74) is 0.558. The molecule has 0 saturated carbocycles. The van der Waals surface area contributed by atoms with Gasteiger partial charge in [-0.2, -0.15) is 0 Å². The van der Waals surface area contributed by atoms with E-state index < -0.39 is 12.0 Å². The highest BCUT2D eigenvalue weighted by Crippen LogP contribution is 2.20. The van der Waals surface area contributed by atoms with Crippen LogP contribution in [0.3, 0.4) is 0 Å². The normalized spacial score (nSPS) is 12.1. The number of hydrogen-bond donors (Lipinski definition) is 2. The fraction of sp³-hybridized carbons (Fsp3) is 0.400. The Hall–Kier alpha value is -1.79. The number of anilines is 1. The highest BCUT2D eigenvalue weighted by atomic mass is 32.1. The van der Waals surface area contributed by atoms with Gasteiger partial charge < -0.3 is 5.11 Å². The average Bonchev–Trinajstić information content (AvgIpc) is 2.95. The summed E-state index contributed by atoms with van der Waals surface area (Å²) in [5.74, 6) is -0.488. The number of aliphatic hydroxyl groups is 1. The van der Waals surface area contributed by atoms with Crippen LogP contribution >= 0.6 is 11.3 Å². The van der Waals surface area contributed by atoms with Crippen molar-refractivity contribution >= 4 is 22.4 Å². The maximum atomic E-state index is 12.0. The summed E-state index contributed by atoms with van der Waals surface area (Å²) in [6.45, 7) is 2.15. The molecule has 1 amide bonds. The molecule has 2 rings (SSSR count). The summed E-state index contributed by atoms with van der Waals surface area (Å²) >= 11 is 1.36. The molecule has 6 heteroatoms. The molecule has 1 atom stereocenters. The second kappa shape index (κ2) is 7.85. The summed E-state index contributed by atoms with van der Waals surface area (Å²) in [6.07, 6.45) is 3.08. The topological polar surface area (TPSA) is 75.1 Å². The van der Waals surface area contributed by atoms with Gasteiger partial charge in [0.25, 0.3) is 5.91 Å². The van der Waals surface area contributed by atoms with Gasteiger partial charge in [0, 0.05) is 6.42 Å². The fourth-order valence-electron chi connectivity index (χ4n) is 1.89. The molecule has 1 aromatic heterocycles. The number of rotatable bonds is 7. The summed E-state index contributed by atoms with van der Waals surface area (Å²) in [7, 11) is 0. The zero-order chi connectivity index (χ0) is 15.1. The molecule has 1 heterocycles. The van der Waals surface area contributed by atoms with Gasteiger partial charge in [-0.25, -0.2) is 0 Å². The van der Waals surface area contributed by atoms with E-state index in [9.17, 15) is 9.90 Å². The number of hydrogen-bond acceptors (Lipinski definition) is 5. The van der Waals surface area contributed by atoms with Crippen LogP contribution in [0.1, 0.15) is 42.9 Å². The van der Waals surface area contributed by atoms with E-state index in [4.69, 9.17) is 0 Å². The van der Waals surface area contributed by atoms with Crippen LogP contribution < -0.4 is 5.32 Å². The fourth-order valence-corrected chi connectivity index (χ4v) is 2.68. The van der Waals surface area contributed by atoms with E-state index in [1.165, 1.54) is 11.3 Å². The molecule has 1 unspecified atom stereocenters. The molecule has 0 saturated heterocycles. The molecule has 0 aliphatic carbocycles. The van der Waals surface area contributed by atoms with Crippen LogP contribution in [0.4, 0.5) is 5.13 Å². The molecule has 2 N–H and O–H groups in total. The van der Waals surface area contributed by atoms with E-state index in [0.29, 0.717) is 10.7 Å². The molecule has 2 aromatic rings. The van der Waals surface area contributed by atoms with Gasteiger partial charge in [-0.3, -0.25) is 10.1 Å². The van der Waals surface area contributed by atoms with Crippen molar-refractivity contribution in [3.8, 4) is 0 Å². The van der Waals surface area contributed by atoms with Crippen molar-refractivity contribution < 1.29 is 9.90 Å². The largest absolute Gasteiger partial charge is 0.378 e. The molecule has 1 aromatic carbocycles. The smallest absolute Gasteiger partial charge is 0.259 e. The van der Waals surface area contributed by atoms with Crippen molar-refractivity contribution in [2.45, 2.75) is 38.7 Å². The molecule has 0 aliphatic heterocycles. The lowest BCUT2D eigenvalue weighted by Gasteiger charge is -2.09. The summed E-state index contributed by atoms with van der Waals surface area (Å²) < 4.78 is 0. The molecule has 0 aliphatic rings. The van der Waals surface area contributed by atoms with Crippen molar-refractivity contribution in [3.05, 3.63) is 40.9 Å². The minimum atomic E-state index is -1.20. The SMILES string of the molecule is CCCCCc1nnc(NC(=O)C(O)c2ccccc2)s1. The van der Waals surface area contributed by atoms with Crippen molar-refractivity contribution in [2.24, 2.45) is 0 Å². The van der Waals surface area contributed by atoms with E-state index in [1.807, 2.05) is 6.07 Å². The Morgan fingerprint density at radius 3 is 2.76 bits per heavy atom. The van der Waals surface area contributed by atoms with Crippen LogP contribution in [0.5, 0.6) is 0 Å². The number of benzene rings is 1. The highest BCUT2D eigenvalue weighted by molar-refractivity contribution is 7.15. The molecule has 21 heavy (non-hydrogen) atoms. The van der Waals surface area contributed by atoms with Crippen LogP contribution in [0, 0.1) is 0 Å². The standard InChI is InChI=1S/C15H19N3O2S/c1-2-3-5-10-12-17-18-15(21-12)16-14(20)13(19)11-8-6-4-7-9-11/h4,6-9,13,19H,2-3,5,10H2,1H3,(H,16,18,20). The quantitative estimate of drug-likeness (QED) is 0.771. The lowest BCUT2D eigenvalue weighted by molar-refractivity contribution is -0.124.